The first-order valence-electron chi connectivity index (χ1n) is 4.79. The van der Waals surface area contributed by atoms with Gasteiger partial charge in [-0.2, -0.15) is 0 Å². The fourth-order valence-electron chi connectivity index (χ4n) is 1.30. The molecule has 3 N–H and O–H groups in total. The molecule has 86 valence electrons. The van der Waals surface area contributed by atoms with Gasteiger partial charge in [0.15, 0.2) is 5.78 Å². The van der Waals surface area contributed by atoms with Crippen molar-refractivity contribution in [3.63, 3.8) is 0 Å². The van der Waals surface area contributed by atoms with Crippen LogP contribution in [0.2, 0.25) is 0 Å². The predicted octanol–water partition coefficient (Wildman–Crippen LogP) is 0.916. The summed E-state index contributed by atoms with van der Waals surface area (Å²) in [4.78, 5) is 22.5. The Hall–Kier alpha value is -1.88. The average molecular weight is 223 g/mol. The molecule has 5 heteroatoms. The second-order valence-corrected chi connectivity index (χ2v) is 3.31. The number of Topliss-reactive ketones (excluding diaryl/α,β-unsaturated/α-hetero) is 1. The number of aliphatic hydroxyl groups excluding tert-OH is 1. The zero-order valence-electron chi connectivity index (χ0n) is 8.86. The van der Waals surface area contributed by atoms with Crippen molar-refractivity contribution >= 4 is 17.4 Å². The molecule has 0 fully saturated rings. The number of carbonyl (C=O) groups excluding carboxylic acids is 2. The van der Waals surface area contributed by atoms with Crippen LogP contribution < -0.4 is 5.32 Å². The van der Waals surface area contributed by atoms with E-state index in [9.17, 15) is 14.7 Å². The van der Waals surface area contributed by atoms with Gasteiger partial charge in [-0.05, 0) is 18.2 Å². The molecule has 0 heterocycles. The number of phenols is 1. The third-order valence-corrected chi connectivity index (χ3v) is 1.95. The molecule has 0 aromatic heterocycles. The first kappa shape index (κ1) is 12.2. The van der Waals surface area contributed by atoms with Gasteiger partial charge in [-0.3, -0.25) is 9.59 Å². The summed E-state index contributed by atoms with van der Waals surface area (Å²) in [5, 5.41) is 20.4. The van der Waals surface area contributed by atoms with E-state index in [4.69, 9.17) is 5.11 Å². The smallest absolute Gasteiger partial charge is 0.221 e. The Labute approximate surface area is 92.7 Å². The Morgan fingerprint density at radius 3 is 2.62 bits per heavy atom. The molecule has 0 radical (unpaired) electrons. The van der Waals surface area contributed by atoms with Crippen LogP contribution in [-0.4, -0.2) is 28.5 Å². The van der Waals surface area contributed by atoms with Gasteiger partial charge in [0.05, 0.1) is 12.3 Å². The lowest BCUT2D eigenvalue weighted by atomic mass is 10.1. The molecule has 0 bridgehead atoms. The number of aromatic hydroxyl groups is 1. The quantitative estimate of drug-likeness (QED) is 0.523. The summed E-state index contributed by atoms with van der Waals surface area (Å²) in [6.07, 6.45) is -0.0456. The van der Waals surface area contributed by atoms with Crippen molar-refractivity contribution in [3.05, 3.63) is 23.8 Å². The maximum absolute atomic E-state index is 11.6. The maximum Gasteiger partial charge on any atom is 0.221 e. The zero-order chi connectivity index (χ0) is 12.1. The molecule has 0 atom stereocenters. The van der Waals surface area contributed by atoms with Crippen molar-refractivity contribution in [1.82, 2.24) is 0 Å². The summed E-state index contributed by atoms with van der Waals surface area (Å²) >= 11 is 0. The molecule has 0 aliphatic heterocycles. The fraction of sp³-hybridized carbons (Fsp3) is 0.273. The van der Waals surface area contributed by atoms with E-state index in [1.54, 1.807) is 0 Å². The van der Waals surface area contributed by atoms with Crippen LogP contribution in [0.4, 0.5) is 5.69 Å². The topological polar surface area (TPSA) is 86.6 Å². The largest absolute Gasteiger partial charge is 0.508 e. The van der Waals surface area contributed by atoms with E-state index in [1.165, 1.54) is 25.1 Å². The van der Waals surface area contributed by atoms with Crippen LogP contribution in [-0.2, 0) is 4.79 Å². The number of amides is 1. The molecular weight excluding hydrogens is 210 g/mol. The molecule has 0 aliphatic rings. The molecule has 0 saturated heterocycles. The van der Waals surface area contributed by atoms with Crippen molar-refractivity contribution in [2.45, 2.75) is 13.3 Å². The predicted molar refractivity (Wildman–Crippen MR) is 58.4 cm³/mol. The van der Waals surface area contributed by atoms with Gasteiger partial charge in [0, 0.05) is 18.9 Å². The van der Waals surface area contributed by atoms with Crippen LogP contribution in [0.25, 0.3) is 0 Å². The maximum atomic E-state index is 11.6. The number of aliphatic hydroxyl groups is 1. The Bertz CT molecular complexity index is 414. The van der Waals surface area contributed by atoms with E-state index in [2.05, 4.69) is 5.32 Å². The van der Waals surface area contributed by atoms with Crippen LogP contribution in [0.1, 0.15) is 23.7 Å². The van der Waals surface area contributed by atoms with Gasteiger partial charge in [0.1, 0.15) is 5.75 Å². The fourth-order valence-corrected chi connectivity index (χ4v) is 1.30. The molecule has 1 aromatic rings. The molecule has 0 saturated carbocycles. The van der Waals surface area contributed by atoms with Crippen molar-refractivity contribution in [3.8, 4) is 5.75 Å². The van der Waals surface area contributed by atoms with E-state index in [1.807, 2.05) is 0 Å². The summed E-state index contributed by atoms with van der Waals surface area (Å²) in [5.41, 5.74) is 0.535. The second-order valence-electron chi connectivity index (χ2n) is 3.31. The van der Waals surface area contributed by atoms with Gasteiger partial charge in [0.2, 0.25) is 5.91 Å². The zero-order valence-corrected chi connectivity index (χ0v) is 8.86. The summed E-state index contributed by atoms with van der Waals surface area (Å²) in [7, 11) is 0. The number of nitrogens with one attached hydrogen (secondary N) is 1. The van der Waals surface area contributed by atoms with E-state index >= 15 is 0 Å². The molecule has 0 spiro atoms. The number of phenolic OH excluding ortho intramolecular Hbond substituents is 1. The summed E-state index contributed by atoms with van der Waals surface area (Å²) in [6, 6.07) is 4.09. The number of hydrogen-bond donors (Lipinski definition) is 3. The van der Waals surface area contributed by atoms with E-state index in [0.29, 0.717) is 5.69 Å². The van der Waals surface area contributed by atoms with Gasteiger partial charge < -0.3 is 15.5 Å². The molecule has 0 unspecified atom stereocenters. The standard InChI is InChI=1S/C11H13NO4/c1-7(14)12-10-3-2-8(15)6-9(10)11(16)4-5-13/h2-3,6,13,15H,4-5H2,1H3,(H,12,14). The molecule has 1 amide bonds. The number of carbonyl (C=O) groups is 2. The van der Waals surface area contributed by atoms with Gasteiger partial charge in [-0.1, -0.05) is 0 Å². The monoisotopic (exact) mass is 223 g/mol. The highest BCUT2D eigenvalue weighted by atomic mass is 16.3. The normalized spacial score (nSPS) is 9.88. The van der Waals surface area contributed by atoms with Gasteiger partial charge in [0.25, 0.3) is 0 Å². The Kier molecular flexibility index (Phi) is 4.02. The lowest BCUT2D eigenvalue weighted by molar-refractivity contribution is -0.114. The Morgan fingerprint density at radius 2 is 2.06 bits per heavy atom. The molecular formula is C11H13NO4. The summed E-state index contributed by atoms with van der Waals surface area (Å²) in [5.74, 6) is -0.693. The molecule has 1 aromatic carbocycles. The van der Waals surface area contributed by atoms with Crippen molar-refractivity contribution in [2.75, 3.05) is 11.9 Å². The van der Waals surface area contributed by atoms with Gasteiger partial charge in [-0.15, -0.1) is 0 Å². The van der Waals surface area contributed by atoms with Crippen molar-refractivity contribution in [2.24, 2.45) is 0 Å². The highest BCUT2D eigenvalue weighted by molar-refractivity contribution is 6.04. The van der Waals surface area contributed by atoms with Crippen LogP contribution in [0.3, 0.4) is 0 Å². The molecule has 5 nitrogen and oxygen atoms in total. The minimum atomic E-state index is -0.331. The molecule has 16 heavy (non-hydrogen) atoms. The van der Waals surface area contributed by atoms with Crippen LogP contribution in [0.5, 0.6) is 5.75 Å². The number of ketones is 1. The van der Waals surface area contributed by atoms with Crippen molar-refractivity contribution in [1.29, 1.82) is 0 Å². The highest BCUT2D eigenvalue weighted by Crippen LogP contribution is 2.22. The lowest BCUT2D eigenvalue weighted by Crippen LogP contribution is -2.11. The van der Waals surface area contributed by atoms with Crippen molar-refractivity contribution < 1.29 is 19.8 Å². The third-order valence-electron chi connectivity index (χ3n) is 1.95. The van der Waals surface area contributed by atoms with Crippen LogP contribution >= 0.6 is 0 Å². The molecule has 0 aliphatic carbocycles. The summed E-state index contributed by atoms with van der Waals surface area (Å²) in [6.45, 7) is 1.06. The SMILES string of the molecule is CC(=O)Nc1ccc(O)cc1C(=O)CCO. The number of anilines is 1. The number of hydrogen-bond acceptors (Lipinski definition) is 4. The number of benzene rings is 1. The first-order valence-corrected chi connectivity index (χ1v) is 4.79. The second kappa shape index (κ2) is 5.27. The minimum Gasteiger partial charge on any atom is -0.508 e. The molecule has 1 rings (SSSR count). The minimum absolute atomic E-state index is 0.0456. The lowest BCUT2D eigenvalue weighted by Gasteiger charge is -2.08. The first-order chi connectivity index (χ1) is 7.54. The Morgan fingerprint density at radius 1 is 1.38 bits per heavy atom. The van der Waals surface area contributed by atoms with Crippen LogP contribution in [0.15, 0.2) is 18.2 Å². The summed E-state index contributed by atoms with van der Waals surface area (Å²) < 4.78 is 0. The van der Waals surface area contributed by atoms with Gasteiger partial charge in [-0.25, -0.2) is 0 Å². The average Bonchev–Trinajstić information content (AvgIpc) is 2.20. The van der Waals surface area contributed by atoms with Crippen LogP contribution in [0, 0.1) is 0 Å². The number of rotatable bonds is 4. The van der Waals surface area contributed by atoms with Gasteiger partial charge >= 0.3 is 0 Å². The Balaban J connectivity index is 3.07. The van der Waals surface area contributed by atoms with E-state index < -0.39 is 0 Å². The van der Waals surface area contributed by atoms with E-state index in [-0.39, 0.29) is 36.0 Å². The third kappa shape index (κ3) is 3.06. The van der Waals surface area contributed by atoms with E-state index in [0.717, 1.165) is 0 Å². The highest BCUT2D eigenvalue weighted by Gasteiger charge is 2.12.